The molecule has 0 saturated heterocycles. The molecule has 0 bridgehead atoms. The van der Waals surface area contributed by atoms with Crippen LogP contribution in [0.1, 0.15) is 11.1 Å². The van der Waals surface area contributed by atoms with Crippen LogP contribution in [-0.4, -0.2) is 21.3 Å². The van der Waals surface area contributed by atoms with Gasteiger partial charge in [0.05, 0.1) is 25.5 Å². The Labute approximate surface area is 125 Å². The summed E-state index contributed by atoms with van der Waals surface area (Å²) in [6.45, 7) is 0.680. The van der Waals surface area contributed by atoms with Gasteiger partial charge >= 0.3 is 0 Å². The molecule has 2 aromatic carbocycles. The van der Waals surface area contributed by atoms with Crippen molar-refractivity contribution < 1.29 is 9.47 Å². The molecule has 4 heteroatoms. The van der Waals surface area contributed by atoms with Crippen LogP contribution in [0.5, 0.6) is 11.5 Å². The number of nitrogens with zero attached hydrogens (tertiary/aromatic N) is 2. The molecule has 0 aliphatic heterocycles. The van der Waals surface area contributed by atoms with E-state index in [-0.39, 0.29) is 0 Å². The topological polar surface area (TPSA) is 45.5 Å². The molecule has 0 unspecified atom stereocenters. The summed E-state index contributed by atoms with van der Waals surface area (Å²) in [6.07, 6.45) is 0. The van der Waals surface area contributed by atoms with Gasteiger partial charge in [-0.1, -0.05) is 12.1 Å². The molecular formula is C17H18N2O2. The molecule has 0 aliphatic carbocycles. The van der Waals surface area contributed by atoms with Gasteiger partial charge in [0.2, 0.25) is 0 Å². The summed E-state index contributed by atoms with van der Waals surface area (Å²) in [5.74, 6) is 1.56. The second-order valence-electron chi connectivity index (χ2n) is 4.70. The number of methoxy groups -OCH3 is 2. The quantitative estimate of drug-likeness (QED) is 0.844. The fraction of sp³-hybridized carbons (Fsp3) is 0.235. The lowest BCUT2D eigenvalue weighted by molar-refractivity contribution is 0.414. The Morgan fingerprint density at radius 2 is 1.76 bits per heavy atom. The van der Waals surface area contributed by atoms with E-state index in [1.54, 1.807) is 26.4 Å². The van der Waals surface area contributed by atoms with Gasteiger partial charge in [0.25, 0.3) is 0 Å². The minimum Gasteiger partial charge on any atom is -0.497 e. The third kappa shape index (κ3) is 3.46. The highest BCUT2D eigenvalue weighted by Crippen LogP contribution is 2.26. The van der Waals surface area contributed by atoms with E-state index in [2.05, 4.69) is 6.07 Å². The van der Waals surface area contributed by atoms with Crippen LogP contribution in [-0.2, 0) is 6.54 Å². The monoisotopic (exact) mass is 282 g/mol. The molecule has 0 heterocycles. The van der Waals surface area contributed by atoms with Crippen molar-refractivity contribution in [3.63, 3.8) is 0 Å². The number of benzene rings is 2. The molecule has 0 fully saturated rings. The van der Waals surface area contributed by atoms with Gasteiger partial charge in [0.15, 0.2) is 0 Å². The van der Waals surface area contributed by atoms with Crippen molar-refractivity contribution in [1.82, 2.24) is 0 Å². The zero-order valence-electron chi connectivity index (χ0n) is 12.5. The van der Waals surface area contributed by atoms with E-state index in [4.69, 9.17) is 9.47 Å². The first-order valence-electron chi connectivity index (χ1n) is 6.60. The third-order valence-electron chi connectivity index (χ3n) is 3.29. The van der Waals surface area contributed by atoms with Crippen LogP contribution in [0, 0.1) is 11.3 Å². The highest BCUT2D eigenvalue weighted by Gasteiger charge is 2.10. The molecule has 2 aromatic rings. The number of anilines is 1. The van der Waals surface area contributed by atoms with Gasteiger partial charge in [0.1, 0.15) is 17.6 Å². The summed E-state index contributed by atoms with van der Waals surface area (Å²) >= 11 is 0. The minimum absolute atomic E-state index is 0.626. The van der Waals surface area contributed by atoms with Gasteiger partial charge in [-0.2, -0.15) is 5.26 Å². The molecule has 21 heavy (non-hydrogen) atoms. The Morgan fingerprint density at radius 1 is 1.05 bits per heavy atom. The molecule has 4 nitrogen and oxygen atoms in total. The Kier molecular flexibility index (Phi) is 4.68. The second-order valence-corrected chi connectivity index (χ2v) is 4.70. The first-order chi connectivity index (χ1) is 10.2. The summed E-state index contributed by atoms with van der Waals surface area (Å²) in [6, 6.07) is 15.5. The SMILES string of the molecule is COc1cccc(CN(C)c2cc(OC)ccc2C#N)c1. The summed E-state index contributed by atoms with van der Waals surface area (Å²) < 4.78 is 10.5. The maximum Gasteiger partial charge on any atom is 0.121 e. The highest BCUT2D eigenvalue weighted by atomic mass is 16.5. The van der Waals surface area contributed by atoms with E-state index in [0.29, 0.717) is 12.1 Å². The first-order valence-corrected chi connectivity index (χ1v) is 6.60. The molecule has 0 atom stereocenters. The Hall–Kier alpha value is -2.67. The fourth-order valence-electron chi connectivity index (χ4n) is 2.18. The van der Waals surface area contributed by atoms with E-state index in [1.807, 2.05) is 42.3 Å². The van der Waals surface area contributed by atoms with Gasteiger partial charge < -0.3 is 14.4 Å². The zero-order chi connectivity index (χ0) is 15.2. The minimum atomic E-state index is 0.626. The van der Waals surface area contributed by atoms with Gasteiger partial charge in [0, 0.05) is 19.7 Å². The second kappa shape index (κ2) is 6.67. The molecule has 0 spiro atoms. The Morgan fingerprint density at radius 3 is 2.43 bits per heavy atom. The van der Waals surface area contributed by atoms with Crippen LogP contribution in [0.4, 0.5) is 5.69 Å². The van der Waals surface area contributed by atoms with Crippen LogP contribution in [0.2, 0.25) is 0 Å². The standard InChI is InChI=1S/C17H18N2O2/c1-19(12-13-5-4-6-15(9-13)20-2)17-10-16(21-3)8-7-14(17)11-18/h4-10H,12H2,1-3H3. The summed E-state index contributed by atoms with van der Waals surface area (Å²) in [5, 5.41) is 9.24. The molecule has 0 amide bonds. The number of nitriles is 1. The molecular weight excluding hydrogens is 264 g/mol. The summed E-state index contributed by atoms with van der Waals surface area (Å²) in [4.78, 5) is 2.02. The summed E-state index contributed by atoms with van der Waals surface area (Å²) in [7, 11) is 5.22. The van der Waals surface area contributed by atoms with E-state index in [0.717, 1.165) is 22.7 Å². The van der Waals surface area contributed by atoms with Crippen molar-refractivity contribution in [2.24, 2.45) is 0 Å². The molecule has 2 rings (SSSR count). The fourth-order valence-corrected chi connectivity index (χ4v) is 2.18. The van der Waals surface area contributed by atoms with Crippen molar-refractivity contribution in [3.8, 4) is 17.6 Å². The lowest BCUT2D eigenvalue weighted by atomic mass is 10.1. The first kappa shape index (κ1) is 14.7. The largest absolute Gasteiger partial charge is 0.497 e. The van der Waals surface area contributed by atoms with Crippen LogP contribution in [0.15, 0.2) is 42.5 Å². The number of rotatable bonds is 5. The number of hydrogen-bond acceptors (Lipinski definition) is 4. The van der Waals surface area contributed by atoms with Crippen molar-refractivity contribution >= 4 is 5.69 Å². The lowest BCUT2D eigenvalue weighted by Crippen LogP contribution is -2.17. The number of ether oxygens (including phenoxy) is 2. The van der Waals surface area contributed by atoms with Crippen molar-refractivity contribution in [1.29, 1.82) is 5.26 Å². The zero-order valence-corrected chi connectivity index (χ0v) is 12.5. The van der Waals surface area contributed by atoms with Gasteiger partial charge in [-0.05, 0) is 29.8 Å². The average molecular weight is 282 g/mol. The molecule has 0 aromatic heterocycles. The molecule has 0 aliphatic rings. The van der Waals surface area contributed by atoms with E-state index in [1.165, 1.54) is 0 Å². The van der Waals surface area contributed by atoms with E-state index < -0.39 is 0 Å². The van der Waals surface area contributed by atoms with Crippen LogP contribution >= 0.6 is 0 Å². The lowest BCUT2D eigenvalue weighted by Gasteiger charge is -2.21. The molecule has 0 saturated carbocycles. The molecule has 108 valence electrons. The highest BCUT2D eigenvalue weighted by molar-refractivity contribution is 5.62. The normalized spacial score (nSPS) is 9.81. The third-order valence-corrected chi connectivity index (χ3v) is 3.29. The van der Waals surface area contributed by atoms with Crippen molar-refractivity contribution in [3.05, 3.63) is 53.6 Å². The summed E-state index contributed by atoms with van der Waals surface area (Å²) in [5.41, 5.74) is 2.59. The van der Waals surface area contributed by atoms with Crippen molar-refractivity contribution in [2.75, 3.05) is 26.2 Å². The number of hydrogen-bond donors (Lipinski definition) is 0. The van der Waals surface area contributed by atoms with Crippen LogP contribution < -0.4 is 14.4 Å². The molecule has 0 N–H and O–H groups in total. The van der Waals surface area contributed by atoms with E-state index >= 15 is 0 Å². The van der Waals surface area contributed by atoms with Gasteiger partial charge in [-0.3, -0.25) is 0 Å². The Balaban J connectivity index is 2.27. The predicted molar refractivity (Wildman–Crippen MR) is 82.8 cm³/mol. The Bertz CT molecular complexity index is 662. The maximum atomic E-state index is 9.24. The van der Waals surface area contributed by atoms with Gasteiger partial charge in [-0.15, -0.1) is 0 Å². The van der Waals surface area contributed by atoms with Crippen molar-refractivity contribution in [2.45, 2.75) is 6.54 Å². The van der Waals surface area contributed by atoms with Gasteiger partial charge in [-0.25, -0.2) is 0 Å². The van der Waals surface area contributed by atoms with Crippen LogP contribution in [0.3, 0.4) is 0 Å². The average Bonchev–Trinajstić information content (AvgIpc) is 2.54. The molecule has 0 radical (unpaired) electrons. The maximum absolute atomic E-state index is 9.24. The predicted octanol–water partition coefficient (Wildman–Crippen LogP) is 3.21. The smallest absolute Gasteiger partial charge is 0.121 e. The van der Waals surface area contributed by atoms with E-state index in [9.17, 15) is 5.26 Å². The van der Waals surface area contributed by atoms with Crippen LogP contribution in [0.25, 0.3) is 0 Å².